The summed E-state index contributed by atoms with van der Waals surface area (Å²) in [7, 11) is -3.52. The molecule has 1 unspecified atom stereocenters. The normalized spacial score (nSPS) is 12.1. The van der Waals surface area contributed by atoms with Crippen molar-refractivity contribution in [2.75, 3.05) is 33.4 Å². The average molecular weight is 502 g/mol. The third-order valence-corrected chi connectivity index (χ3v) is 4.91. The highest BCUT2D eigenvalue weighted by molar-refractivity contribution is 7.42. The second-order valence-electron chi connectivity index (χ2n) is 7.49. The highest BCUT2D eigenvalue weighted by Gasteiger charge is 2.11. The standard InChI is InChI=1S/C24H26N2O4.H3O4P/c1-28-21-10-4-5-11-22(21)29-14-13-25-15-17(27)16-30-23-12-6-9-20-24(23)18-7-2-3-8-19(18)26-20;1-5(2,3)4/h2-12,17,25-27H,13-16H2,1H3;(H3,1,2,3,4)/p-2. The monoisotopic (exact) mass is 502 g/mol. The van der Waals surface area contributed by atoms with Crippen LogP contribution in [0.25, 0.3) is 21.8 Å². The fourth-order valence-corrected chi connectivity index (χ4v) is 3.47. The Morgan fingerprint density at radius 2 is 1.57 bits per heavy atom. The summed E-state index contributed by atoms with van der Waals surface area (Å²) in [5.74, 6) is 2.18. The molecule has 4 N–H and O–H groups in total. The van der Waals surface area contributed by atoms with E-state index in [-0.39, 0.29) is 6.61 Å². The van der Waals surface area contributed by atoms with E-state index < -0.39 is 13.9 Å². The first-order chi connectivity index (χ1) is 16.8. The molecule has 0 saturated heterocycles. The molecule has 10 nitrogen and oxygen atoms in total. The van der Waals surface area contributed by atoms with Crippen molar-refractivity contribution in [3.8, 4) is 17.2 Å². The van der Waals surface area contributed by atoms with Crippen LogP contribution in [0.2, 0.25) is 0 Å². The summed E-state index contributed by atoms with van der Waals surface area (Å²) >= 11 is 0. The van der Waals surface area contributed by atoms with E-state index in [2.05, 4.69) is 16.4 Å². The summed E-state index contributed by atoms with van der Waals surface area (Å²) in [6, 6.07) is 21.6. The van der Waals surface area contributed by atoms with Gasteiger partial charge in [0, 0.05) is 29.4 Å². The molecule has 3 aromatic carbocycles. The van der Waals surface area contributed by atoms with Gasteiger partial charge in [-0.15, -0.1) is 0 Å². The number of methoxy groups -OCH3 is 1. The first-order valence-electron chi connectivity index (χ1n) is 10.8. The van der Waals surface area contributed by atoms with Crippen LogP contribution < -0.4 is 29.3 Å². The molecule has 0 fully saturated rings. The molecular weight excluding hydrogens is 475 g/mol. The van der Waals surface area contributed by atoms with Crippen molar-refractivity contribution in [2.45, 2.75) is 6.10 Å². The van der Waals surface area contributed by atoms with Crippen LogP contribution in [0.15, 0.2) is 66.7 Å². The molecule has 0 radical (unpaired) electrons. The van der Waals surface area contributed by atoms with Gasteiger partial charge in [0.15, 0.2) is 11.5 Å². The van der Waals surface area contributed by atoms with Crippen LogP contribution in [-0.4, -0.2) is 54.5 Å². The number of aromatic amines is 1. The van der Waals surface area contributed by atoms with E-state index in [0.717, 1.165) is 27.6 Å². The predicted octanol–water partition coefficient (Wildman–Crippen LogP) is 1.55. The molecule has 188 valence electrons. The number of fused-ring (bicyclic) bond motifs is 3. The quantitative estimate of drug-likeness (QED) is 0.186. The third-order valence-electron chi connectivity index (χ3n) is 4.91. The molecule has 4 rings (SSSR count). The Labute approximate surface area is 202 Å². The SMILES string of the molecule is COc1ccccc1OCCNCC(O)COc1cccc2[nH]c3ccccc3c12.O=P([O-])([O-])O. The van der Waals surface area contributed by atoms with Crippen LogP contribution in [0.3, 0.4) is 0 Å². The lowest BCUT2D eigenvalue weighted by Crippen LogP contribution is -2.33. The number of hydrogen-bond donors (Lipinski definition) is 4. The fraction of sp³-hybridized carbons (Fsp3) is 0.250. The van der Waals surface area contributed by atoms with E-state index in [1.165, 1.54) is 0 Å². The smallest absolute Gasteiger partial charge is 0.161 e. The minimum atomic E-state index is -5.14. The molecule has 1 heterocycles. The van der Waals surface area contributed by atoms with Gasteiger partial charge in [-0.05, 0) is 30.3 Å². The van der Waals surface area contributed by atoms with Gasteiger partial charge in [0.2, 0.25) is 0 Å². The number of H-pyrrole nitrogens is 1. The molecule has 0 bridgehead atoms. The Morgan fingerprint density at radius 1 is 0.943 bits per heavy atom. The topological polar surface area (TPSA) is 159 Å². The van der Waals surface area contributed by atoms with Crippen LogP contribution >= 0.6 is 7.82 Å². The second-order valence-corrected chi connectivity index (χ2v) is 8.42. The van der Waals surface area contributed by atoms with Crippen LogP contribution in [0, 0.1) is 0 Å². The molecule has 0 aliphatic carbocycles. The second kappa shape index (κ2) is 12.6. The van der Waals surface area contributed by atoms with Crippen molar-refractivity contribution >= 4 is 29.6 Å². The summed E-state index contributed by atoms with van der Waals surface area (Å²) in [6.07, 6.45) is -0.628. The zero-order valence-electron chi connectivity index (χ0n) is 19.0. The molecule has 35 heavy (non-hydrogen) atoms. The molecule has 1 aromatic heterocycles. The molecule has 0 aliphatic rings. The Kier molecular flexibility index (Phi) is 9.50. The van der Waals surface area contributed by atoms with Gasteiger partial charge in [-0.3, -0.25) is 0 Å². The van der Waals surface area contributed by atoms with Crippen LogP contribution in [0.5, 0.6) is 17.2 Å². The van der Waals surface area contributed by atoms with Gasteiger partial charge in [-0.25, -0.2) is 0 Å². The molecule has 11 heteroatoms. The van der Waals surface area contributed by atoms with E-state index in [4.69, 9.17) is 33.5 Å². The highest BCUT2D eigenvalue weighted by Crippen LogP contribution is 2.33. The zero-order chi connectivity index (χ0) is 25.3. The van der Waals surface area contributed by atoms with Crippen LogP contribution in [0.1, 0.15) is 0 Å². The van der Waals surface area contributed by atoms with Crippen LogP contribution in [-0.2, 0) is 4.57 Å². The number of aliphatic hydroxyl groups is 1. The van der Waals surface area contributed by atoms with E-state index in [0.29, 0.717) is 31.2 Å². The maximum Gasteiger partial charge on any atom is 0.161 e. The first kappa shape index (κ1) is 26.5. The maximum absolute atomic E-state index is 10.3. The van der Waals surface area contributed by atoms with Gasteiger partial charge >= 0.3 is 0 Å². The summed E-state index contributed by atoms with van der Waals surface area (Å²) < 4.78 is 25.6. The van der Waals surface area contributed by atoms with E-state index in [9.17, 15) is 5.11 Å². The number of phosphoric acid groups is 1. The molecule has 4 aromatic rings. The number of aliphatic hydroxyl groups excluding tert-OH is 1. The lowest BCUT2D eigenvalue weighted by Gasteiger charge is -2.19. The lowest BCUT2D eigenvalue weighted by molar-refractivity contribution is -0.337. The van der Waals surface area contributed by atoms with Crippen molar-refractivity contribution < 1.29 is 38.6 Å². The Balaban J connectivity index is 0.000000623. The number of aromatic nitrogens is 1. The molecule has 0 amide bonds. The molecular formula is C24H27N2O8P-2. The van der Waals surface area contributed by atoms with Crippen molar-refractivity contribution in [3.63, 3.8) is 0 Å². The summed E-state index contributed by atoms with van der Waals surface area (Å²) in [5.41, 5.74) is 2.09. The van der Waals surface area contributed by atoms with Crippen LogP contribution in [0.4, 0.5) is 0 Å². The largest absolute Gasteiger partial charge is 0.790 e. The summed E-state index contributed by atoms with van der Waals surface area (Å²) in [5, 5.41) is 15.6. The van der Waals surface area contributed by atoms with E-state index in [1.807, 2.05) is 60.7 Å². The Bertz CT molecular complexity index is 1260. The number of ether oxygens (including phenoxy) is 3. The van der Waals surface area contributed by atoms with Crippen molar-refractivity contribution in [3.05, 3.63) is 66.7 Å². The maximum atomic E-state index is 10.3. The summed E-state index contributed by atoms with van der Waals surface area (Å²) in [4.78, 5) is 27.7. The van der Waals surface area contributed by atoms with Gasteiger partial charge < -0.3 is 48.9 Å². The lowest BCUT2D eigenvalue weighted by atomic mass is 10.1. The minimum absolute atomic E-state index is 0.207. The predicted molar refractivity (Wildman–Crippen MR) is 128 cm³/mol. The van der Waals surface area contributed by atoms with E-state index in [1.54, 1.807) is 7.11 Å². The van der Waals surface area contributed by atoms with Gasteiger partial charge in [-0.1, -0.05) is 36.4 Å². The van der Waals surface area contributed by atoms with Gasteiger partial charge in [0.05, 0.1) is 20.4 Å². The van der Waals surface area contributed by atoms with Gasteiger partial charge in [0.1, 0.15) is 25.1 Å². The number of hydrogen-bond acceptors (Lipinski definition) is 8. The molecule has 0 spiro atoms. The van der Waals surface area contributed by atoms with Crippen molar-refractivity contribution in [1.29, 1.82) is 0 Å². The molecule has 0 aliphatic heterocycles. The zero-order valence-corrected chi connectivity index (χ0v) is 19.9. The van der Waals surface area contributed by atoms with Gasteiger partial charge in [-0.2, -0.15) is 0 Å². The Hall–Kier alpha value is -3.11. The number of rotatable bonds is 10. The minimum Gasteiger partial charge on any atom is -0.790 e. The fourth-order valence-electron chi connectivity index (χ4n) is 3.47. The molecule has 1 atom stereocenters. The van der Waals surface area contributed by atoms with E-state index >= 15 is 0 Å². The third kappa shape index (κ3) is 8.25. The first-order valence-corrected chi connectivity index (χ1v) is 12.3. The number of nitrogens with one attached hydrogen (secondary N) is 2. The Morgan fingerprint density at radius 3 is 2.31 bits per heavy atom. The average Bonchev–Trinajstić information content (AvgIpc) is 3.21. The highest BCUT2D eigenvalue weighted by atomic mass is 31.2. The van der Waals surface area contributed by atoms with Crippen molar-refractivity contribution in [1.82, 2.24) is 10.3 Å². The number of benzene rings is 3. The number of para-hydroxylation sites is 3. The van der Waals surface area contributed by atoms with Crippen molar-refractivity contribution in [2.24, 2.45) is 0 Å². The van der Waals surface area contributed by atoms with Gasteiger partial charge in [0.25, 0.3) is 0 Å². The molecule has 0 saturated carbocycles. The summed E-state index contributed by atoms with van der Waals surface area (Å²) in [6.45, 7) is 1.70.